The molecule has 0 aliphatic heterocycles. The maximum absolute atomic E-state index is 13.9. The zero-order valence-electron chi connectivity index (χ0n) is 17.7. The Morgan fingerprint density at radius 2 is 2.12 bits per heavy atom. The van der Waals surface area contributed by atoms with E-state index in [1.807, 2.05) is 6.07 Å². The van der Waals surface area contributed by atoms with Crippen LogP contribution >= 0.6 is 0 Å². The summed E-state index contributed by atoms with van der Waals surface area (Å²) in [5, 5.41) is 20.7. The summed E-state index contributed by atoms with van der Waals surface area (Å²) in [5.41, 5.74) is 2.20. The molecule has 0 saturated heterocycles. The van der Waals surface area contributed by atoms with Gasteiger partial charge in [0.25, 0.3) is 11.8 Å². The van der Waals surface area contributed by atoms with Crippen molar-refractivity contribution in [2.75, 3.05) is 12.4 Å². The van der Waals surface area contributed by atoms with E-state index in [1.165, 1.54) is 15.3 Å². The van der Waals surface area contributed by atoms with Crippen LogP contribution in [0, 0.1) is 0 Å². The normalized spacial score (nSPS) is 23.5. The molecule has 0 aromatic carbocycles. The van der Waals surface area contributed by atoms with Crippen LogP contribution in [0.15, 0.2) is 36.8 Å². The lowest BCUT2D eigenvalue weighted by molar-refractivity contribution is 0.0448. The van der Waals surface area contributed by atoms with Gasteiger partial charge in [-0.1, -0.05) is 0 Å². The van der Waals surface area contributed by atoms with Gasteiger partial charge in [-0.3, -0.25) is 4.79 Å². The van der Waals surface area contributed by atoms with Gasteiger partial charge in [0.15, 0.2) is 5.65 Å². The fourth-order valence-corrected chi connectivity index (χ4v) is 4.36. The number of carbonyl (C=O) groups excluding carboxylic acids is 1. The van der Waals surface area contributed by atoms with E-state index in [0.29, 0.717) is 46.6 Å². The van der Waals surface area contributed by atoms with Gasteiger partial charge in [0.05, 0.1) is 24.0 Å². The third kappa shape index (κ3) is 3.06. The molecule has 6 rings (SSSR count). The van der Waals surface area contributed by atoms with Crippen LogP contribution in [0.2, 0.25) is 0 Å². The van der Waals surface area contributed by atoms with E-state index in [0.717, 1.165) is 0 Å². The number of aromatic nitrogens is 5. The topological polar surface area (TPSA) is 109 Å². The Balaban J connectivity index is 1.48. The summed E-state index contributed by atoms with van der Waals surface area (Å²) in [6, 6.07) is 4.11. The van der Waals surface area contributed by atoms with Crippen LogP contribution in [-0.2, 0) is 0 Å². The van der Waals surface area contributed by atoms with E-state index in [2.05, 4.69) is 20.7 Å². The van der Waals surface area contributed by atoms with E-state index < -0.39 is 18.1 Å². The number of fused-ring (bicyclic) bond motifs is 2. The van der Waals surface area contributed by atoms with Crippen molar-refractivity contribution in [3.05, 3.63) is 42.4 Å². The van der Waals surface area contributed by atoms with Gasteiger partial charge in [0.1, 0.15) is 23.1 Å². The maximum Gasteiger partial charge on any atom is 0.270 e. The summed E-state index contributed by atoms with van der Waals surface area (Å²) in [7, 11) is 1.72. The Labute approximate surface area is 186 Å². The second-order valence-electron chi connectivity index (χ2n) is 8.60. The van der Waals surface area contributed by atoms with Gasteiger partial charge in [0.2, 0.25) is 0 Å². The predicted molar refractivity (Wildman–Crippen MR) is 116 cm³/mol. The molecule has 2 fully saturated rings. The highest BCUT2D eigenvalue weighted by Gasteiger charge is 2.58. The number of halogens is 2. The molecule has 4 aromatic rings. The van der Waals surface area contributed by atoms with Crippen molar-refractivity contribution in [1.29, 1.82) is 0 Å². The molecule has 2 aliphatic carbocycles. The Kier molecular flexibility index (Phi) is 4.22. The van der Waals surface area contributed by atoms with E-state index >= 15 is 0 Å². The smallest absolute Gasteiger partial charge is 0.270 e. The Bertz CT molecular complexity index is 1410. The molecule has 2 aliphatic rings. The van der Waals surface area contributed by atoms with Crippen LogP contribution in [0.3, 0.4) is 0 Å². The second-order valence-corrected chi connectivity index (χ2v) is 8.60. The quantitative estimate of drug-likeness (QED) is 0.429. The van der Waals surface area contributed by atoms with Gasteiger partial charge in [-0.05, 0) is 25.0 Å². The predicted octanol–water partition coefficient (Wildman–Crippen LogP) is 2.62. The van der Waals surface area contributed by atoms with Crippen molar-refractivity contribution < 1.29 is 18.7 Å². The number of hydrogen-bond donors (Lipinski definition) is 3. The molecule has 0 spiro atoms. The third-order valence-electron chi connectivity index (χ3n) is 6.52. The minimum absolute atomic E-state index is 0.221. The molecule has 4 heterocycles. The minimum atomic E-state index is -2.75. The summed E-state index contributed by atoms with van der Waals surface area (Å²) >= 11 is 0. The van der Waals surface area contributed by atoms with Gasteiger partial charge < -0.3 is 20.3 Å². The van der Waals surface area contributed by atoms with Crippen molar-refractivity contribution in [1.82, 2.24) is 29.5 Å². The van der Waals surface area contributed by atoms with Gasteiger partial charge in [-0.25, -0.2) is 18.7 Å². The number of aliphatic hydroxyl groups excluding tert-OH is 1. The molecular weight excluding hydrogens is 432 g/mol. The second kappa shape index (κ2) is 6.95. The number of hydrogen-bond acceptors (Lipinski definition) is 6. The first-order chi connectivity index (χ1) is 15.9. The molecule has 1 unspecified atom stereocenters. The Hall–Kier alpha value is -3.60. The first-order valence-electron chi connectivity index (χ1n) is 10.8. The SMILES string of the molecule is CNc1cc(-c2cn([C@H]3CC3(F)F)c3ncccc23)nc2c(C(=O)NC3CC[C@@H]3O)cnn12. The summed E-state index contributed by atoms with van der Waals surface area (Å²) in [6.07, 6.45) is 5.26. The van der Waals surface area contributed by atoms with Crippen molar-refractivity contribution in [2.24, 2.45) is 0 Å². The van der Waals surface area contributed by atoms with Crippen LogP contribution in [-0.4, -0.2) is 60.3 Å². The van der Waals surface area contributed by atoms with E-state index in [1.54, 1.807) is 31.6 Å². The third-order valence-corrected chi connectivity index (χ3v) is 6.52. The lowest BCUT2D eigenvalue weighted by atomic mass is 9.89. The number of pyridine rings is 1. The number of alkyl halides is 2. The van der Waals surface area contributed by atoms with Crippen LogP contribution in [0.25, 0.3) is 27.9 Å². The van der Waals surface area contributed by atoms with Gasteiger partial charge >= 0.3 is 0 Å². The largest absolute Gasteiger partial charge is 0.391 e. The van der Waals surface area contributed by atoms with Crippen molar-refractivity contribution in [3.63, 3.8) is 0 Å². The molecule has 0 bridgehead atoms. The van der Waals surface area contributed by atoms with Crippen molar-refractivity contribution >= 4 is 28.4 Å². The maximum atomic E-state index is 13.9. The number of nitrogens with zero attached hydrogens (tertiary/aromatic N) is 5. The van der Waals surface area contributed by atoms with Gasteiger partial charge in [0, 0.05) is 42.9 Å². The molecule has 9 nitrogen and oxygen atoms in total. The van der Waals surface area contributed by atoms with Crippen molar-refractivity contribution in [2.45, 2.75) is 43.4 Å². The Morgan fingerprint density at radius 3 is 2.79 bits per heavy atom. The fourth-order valence-electron chi connectivity index (χ4n) is 4.36. The molecule has 11 heteroatoms. The average Bonchev–Trinajstić information content (AvgIpc) is 3.16. The molecule has 0 radical (unpaired) electrons. The van der Waals surface area contributed by atoms with E-state index in [4.69, 9.17) is 4.98 Å². The van der Waals surface area contributed by atoms with Crippen LogP contribution in [0.5, 0.6) is 0 Å². The number of carbonyl (C=O) groups is 1. The summed E-state index contributed by atoms with van der Waals surface area (Å²) in [4.78, 5) is 21.9. The number of aliphatic hydroxyl groups is 1. The van der Waals surface area contributed by atoms with Crippen LogP contribution in [0.1, 0.15) is 35.7 Å². The minimum Gasteiger partial charge on any atom is -0.391 e. The summed E-state index contributed by atoms with van der Waals surface area (Å²) in [6.45, 7) is 0. The first-order valence-corrected chi connectivity index (χ1v) is 10.8. The zero-order chi connectivity index (χ0) is 22.9. The molecule has 3 N–H and O–H groups in total. The molecule has 33 heavy (non-hydrogen) atoms. The van der Waals surface area contributed by atoms with Gasteiger partial charge in [-0.2, -0.15) is 9.61 Å². The van der Waals surface area contributed by atoms with Gasteiger partial charge in [-0.15, -0.1) is 0 Å². The molecule has 2 saturated carbocycles. The number of anilines is 1. The molecular formula is C22H21F2N7O2. The summed E-state index contributed by atoms with van der Waals surface area (Å²) < 4.78 is 30.8. The number of rotatable bonds is 5. The molecule has 1 amide bonds. The first kappa shape index (κ1) is 20.0. The van der Waals surface area contributed by atoms with Crippen molar-refractivity contribution in [3.8, 4) is 11.3 Å². The fraction of sp³-hybridized carbons (Fsp3) is 0.364. The zero-order valence-corrected chi connectivity index (χ0v) is 17.7. The number of nitrogens with one attached hydrogen (secondary N) is 2. The lowest BCUT2D eigenvalue weighted by Gasteiger charge is -2.32. The van der Waals surface area contributed by atoms with E-state index in [-0.39, 0.29) is 23.9 Å². The lowest BCUT2D eigenvalue weighted by Crippen LogP contribution is -2.50. The van der Waals surface area contributed by atoms with E-state index in [9.17, 15) is 18.7 Å². The summed E-state index contributed by atoms with van der Waals surface area (Å²) in [5.74, 6) is -2.54. The molecule has 3 atom stereocenters. The van der Waals surface area contributed by atoms with Crippen LogP contribution < -0.4 is 10.6 Å². The monoisotopic (exact) mass is 453 g/mol. The molecule has 4 aromatic heterocycles. The average molecular weight is 453 g/mol. The highest BCUT2D eigenvalue weighted by Crippen LogP contribution is 2.54. The highest BCUT2D eigenvalue weighted by atomic mass is 19.3. The number of amides is 1. The standard InChI is InChI=1S/C22H21F2N7O2/c1-25-18-7-15(13-10-30(17-8-22(17,23)24)19-11(13)3-2-6-26-19)28-20-12(9-27-31(18)20)21(33)29-14-4-5-16(14)32/h2-3,6-7,9-10,14,16-17,25,32H,4-5,8H2,1H3,(H,29,33)/t14?,16-,17-/m0/s1. The van der Waals surface area contributed by atoms with Crippen LogP contribution in [0.4, 0.5) is 14.6 Å². The Morgan fingerprint density at radius 1 is 1.30 bits per heavy atom. The molecule has 170 valence electrons. The highest BCUT2D eigenvalue weighted by molar-refractivity contribution is 6.01.